The van der Waals surface area contributed by atoms with Crippen molar-refractivity contribution in [3.05, 3.63) is 81.4 Å². The Morgan fingerprint density at radius 3 is 2.75 bits per heavy atom. The van der Waals surface area contributed by atoms with Gasteiger partial charge in [0, 0.05) is 23.9 Å². The molecule has 0 aliphatic heterocycles. The first-order valence-electron chi connectivity index (χ1n) is 7.71. The van der Waals surface area contributed by atoms with Crippen LogP contribution in [0.2, 0.25) is 0 Å². The van der Waals surface area contributed by atoms with E-state index in [1.807, 2.05) is 25.2 Å². The zero-order valence-electron chi connectivity index (χ0n) is 13.5. The van der Waals surface area contributed by atoms with E-state index in [2.05, 4.69) is 4.98 Å². The molecule has 6 heteroatoms. The van der Waals surface area contributed by atoms with Gasteiger partial charge in [-0.25, -0.2) is 13.8 Å². The zero-order chi connectivity index (χ0) is 17.3. The fourth-order valence-corrected chi connectivity index (χ4v) is 2.66. The van der Waals surface area contributed by atoms with Gasteiger partial charge in [0.15, 0.2) is 0 Å². The number of halogens is 2. The van der Waals surface area contributed by atoms with E-state index in [-0.39, 0.29) is 11.6 Å². The summed E-state index contributed by atoms with van der Waals surface area (Å²) < 4.78 is 28.3. The number of aromatic nitrogens is 2. The summed E-state index contributed by atoms with van der Waals surface area (Å²) in [6, 6.07) is 8.51. The largest absolute Gasteiger partial charge is 0.335 e. The summed E-state index contributed by atoms with van der Waals surface area (Å²) >= 11 is 0. The summed E-state index contributed by atoms with van der Waals surface area (Å²) in [5.41, 5.74) is 2.46. The molecule has 2 aromatic heterocycles. The second-order valence-electron chi connectivity index (χ2n) is 5.91. The summed E-state index contributed by atoms with van der Waals surface area (Å²) in [4.78, 5) is 16.6. The van der Waals surface area contributed by atoms with Crippen molar-refractivity contribution < 1.29 is 14.1 Å². The molecule has 3 aromatic rings. The minimum atomic E-state index is -0.594. The summed E-state index contributed by atoms with van der Waals surface area (Å²) in [6.07, 6.45) is 1.74. The Balaban J connectivity index is 1.80. The molecule has 3 rings (SSSR count). The van der Waals surface area contributed by atoms with Crippen LogP contribution in [0.15, 0.2) is 47.4 Å². The highest BCUT2D eigenvalue weighted by molar-refractivity contribution is 5.39. The van der Waals surface area contributed by atoms with Gasteiger partial charge >= 0.3 is 0 Å². The van der Waals surface area contributed by atoms with E-state index in [0.29, 0.717) is 23.4 Å². The van der Waals surface area contributed by atoms with Crippen molar-refractivity contribution >= 4 is 5.65 Å². The van der Waals surface area contributed by atoms with Crippen LogP contribution >= 0.6 is 0 Å². The number of nitrogens with zero attached hydrogens (tertiary/aromatic N) is 2. The summed E-state index contributed by atoms with van der Waals surface area (Å²) in [5, 5.41) is 1.86. The summed E-state index contributed by atoms with van der Waals surface area (Å²) in [5.74, 6) is -1.16. The normalized spacial score (nSPS) is 12.5. The molecule has 0 spiro atoms. The van der Waals surface area contributed by atoms with Gasteiger partial charge in [-0.05, 0) is 37.6 Å². The highest BCUT2D eigenvalue weighted by Gasteiger charge is 2.15. The lowest BCUT2D eigenvalue weighted by molar-refractivity contribution is -0.708. The summed E-state index contributed by atoms with van der Waals surface area (Å²) in [6.45, 7) is 4.16. The predicted molar refractivity (Wildman–Crippen MR) is 86.6 cm³/mol. The molecule has 24 heavy (non-hydrogen) atoms. The zero-order valence-corrected chi connectivity index (χ0v) is 13.5. The molecule has 1 aromatic carbocycles. The number of aryl methyl sites for hydroxylation is 1. The number of hydrogen-bond donors (Lipinski definition) is 1. The standard InChI is InChI=1S/C18H17F2N3O/c1-11-3-6-17-22-14(8-18(24)23(17)10-11)9-21-12(2)15-5-4-13(19)7-16(15)20/h3-8,10,12,21H,9H2,1-2H3/p+1/t12-/m1/s1. The molecule has 0 bridgehead atoms. The smallest absolute Gasteiger partial charge is 0.258 e. The lowest BCUT2D eigenvalue weighted by Crippen LogP contribution is -2.83. The molecule has 0 radical (unpaired) electrons. The van der Waals surface area contributed by atoms with E-state index in [4.69, 9.17) is 0 Å². The van der Waals surface area contributed by atoms with Gasteiger partial charge in [-0.3, -0.25) is 9.20 Å². The first kappa shape index (κ1) is 16.3. The van der Waals surface area contributed by atoms with Crippen LogP contribution in [0.3, 0.4) is 0 Å². The predicted octanol–water partition coefficient (Wildman–Crippen LogP) is 2.11. The SMILES string of the molecule is Cc1ccc2nc(C[NH2+][C@H](C)c3ccc(F)cc3F)cc(=O)n2c1. The van der Waals surface area contributed by atoms with Crippen LogP contribution < -0.4 is 10.9 Å². The molecule has 2 N–H and O–H groups in total. The van der Waals surface area contributed by atoms with E-state index in [1.54, 1.807) is 12.3 Å². The highest BCUT2D eigenvalue weighted by atomic mass is 19.1. The van der Waals surface area contributed by atoms with Crippen molar-refractivity contribution in [2.45, 2.75) is 26.4 Å². The Hall–Kier alpha value is -2.60. The van der Waals surface area contributed by atoms with Gasteiger partial charge in [-0.2, -0.15) is 0 Å². The average Bonchev–Trinajstić information content (AvgIpc) is 2.53. The van der Waals surface area contributed by atoms with Crippen molar-refractivity contribution in [1.82, 2.24) is 9.38 Å². The molecule has 0 fully saturated rings. The molecule has 1 atom stereocenters. The monoisotopic (exact) mass is 330 g/mol. The fraction of sp³-hybridized carbons (Fsp3) is 0.222. The molecule has 4 nitrogen and oxygen atoms in total. The van der Waals surface area contributed by atoms with Crippen molar-refractivity contribution in [3.63, 3.8) is 0 Å². The van der Waals surface area contributed by atoms with E-state index in [0.717, 1.165) is 11.6 Å². The molecule has 124 valence electrons. The van der Waals surface area contributed by atoms with Gasteiger partial charge in [-0.1, -0.05) is 6.07 Å². The second-order valence-corrected chi connectivity index (χ2v) is 5.91. The fourth-order valence-electron chi connectivity index (χ4n) is 2.66. The van der Waals surface area contributed by atoms with Crippen molar-refractivity contribution in [1.29, 1.82) is 0 Å². The third kappa shape index (κ3) is 3.33. The van der Waals surface area contributed by atoms with E-state index < -0.39 is 11.6 Å². The topological polar surface area (TPSA) is 51.0 Å². The number of nitrogens with two attached hydrogens (primary N) is 1. The molecule has 0 aliphatic rings. The molecule has 0 aliphatic carbocycles. The number of fused-ring (bicyclic) bond motifs is 1. The maximum atomic E-state index is 13.8. The number of pyridine rings is 1. The number of rotatable bonds is 4. The summed E-state index contributed by atoms with van der Waals surface area (Å²) in [7, 11) is 0. The van der Waals surface area contributed by atoms with Crippen molar-refractivity contribution in [3.8, 4) is 0 Å². The average molecular weight is 330 g/mol. The maximum absolute atomic E-state index is 13.8. The van der Waals surface area contributed by atoms with Crippen molar-refractivity contribution in [2.24, 2.45) is 0 Å². The molecule has 0 saturated carbocycles. The minimum absolute atomic E-state index is 0.146. The van der Waals surface area contributed by atoms with Gasteiger partial charge < -0.3 is 5.32 Å². The lowest BCUT2D eigenvalue weighted by atomic mass is 10.1. The second kappa shape index (κ2) is 6.49. The minimum Gasteiger partial charge on any atom is -0.335 e. The lowest BCUT2D eigenvalue weighted by Gasteiger charge is -2.12. The quantitative estimate of drug-likeness (QED) is 0.796. The molecule has 2 heterocycles. The van der Waals surface area contributed by atoms with Crippen LogP contribution in [0.5, 0.6) is 0 Å². The third-order valence-electron chi connectivity index (χ3n) is 3.99. The molecular formula is C18H18F2N3O+. The highest BCUT2D eigenvalue weighted by Crippen LogP contribution is 2.14. The van der Waals surface area contributed by atoms with Crippen LogP contribution in [-0.4, -0.2) is 9.38 Å². The first-order chi connectivity index (χ1) is 11.4. The molecule has 0 amide bonds. The number of quaternary nitrogens is 1. The molecule has 0 unspecified atom stereocenters. The van der Waals surface area contributed by atoms with Crippen LogP contribution in [0.25, 0.3) is 5.65 Å². The molecular weight excluding hydrogens is 312 g/mol. The Morgan fingerprint density at radius 1 is 1.21 bits per heavy atom. The van der Waals surface area contributed by atoms with Gasteiger partial charge in [0.25, 0.3) is 5.56 Å². The van der Waals surface area contributed by atoms with E-state index in [1.165, 1.54) is 22.6 Å². The van der Waals surface area contributed by atoms with Crippen LogP contribution in [-0.2, 0) is 6.54 Å². The van der Waals surface area contributed by atoms with Crippen molar-refractivity contribution in [2.75, 3.05) is 0 Å². The Bertz CT molecular complexity index is 953. The van der Waals surface area contributed by atoms with Gasteiger partial charge in [0.2, 0.25) is 0 Å². The van der Waals surface area contributed by atoms with Crippen LogP contribution in [0.4, 0.5) is 8.78 Å². The first-order valence-corrected chi connectivity index (χ1v) is 7.71. The van der Waals surface area contributed by atoms with Crippen LogP contribution in [0.1, 0.15) is 29.8 Å². The molecule has 0 saturated heterocycles. The van der Waals surface area contributed by atoms with Gasteiger partial charge in [0.05, 0.1) is 0 Å². The third-order valence-corrected chi connectivity index (χ3v) is 3.99. The Kier molecular flexibility index (Phi) is 4.40. The van der Waals surface area contributed by atoms with Gasteiger partial charge in [0.1, 0.15) is 35.6 Å². The van der Waals surface area contributed by atoms with E-state index >= 15 is 0 Å². The number of hydrogen-bond acceptors (Lipinski definition) is 2. The van der Waals surface area contributed by atoms with Gasteiger partial charge in [-0.15, -0.1) is 0 Å². The Morgan fingerprint density at radius 2 is 2.00 bits per heavy atom. The maximum Gasteiger partial charge on any atom is 0.258 e. The number of benzene rings is 1. The Labute approximate surface area is 137 Å². The van der Waals surface area contributed by atoms with Crippen LogP contribution in [0, 0.1) is 18.6 Å². The van der Waals surface area contributed by atoms with E-state index in [9.17, 15) is 13.6 Å².